The van der Waals surface area contributed by atoms with E-state index in [0.717, 1.165) is 0 Å². The molecule has 2 atom stereocenters. The first-order chi connectivity index (χ1) is 8.27. The largest absolute Gasteiger partial charge is 0.282 e. The van der Waals surface area contributed by atoms with Gasteiger partial charge in [0.2, 0.25) is 0 Å². The number of nitrogens with one attached hydrogen (secondary N) is 1. The highest BCUT2D eigenvalue weighted by Crippen LogP contribution is 2.26. The number of hydrogen-bond acceptors (Lipinski definition) is 2. The van der Waals surface area contributed by atoms with Crippen LogP contribution < -0.4 is 0 Å². The summed E-state index contributed by atoms with van der Waals surface area (Å²) in [6, 6.07) is 6.26. The van der Waals surface area contributed by atoms with Crippen LogP contribution in [0.25, 0.3) is 0 Å². The van der Waals surface area contributed by atoms with Crippen LogP contribution in [0.5, 0.6) is 0 Å². The number of hydrogen-bond donors (Lipinski definition) is 1. The molecule has 0 aliphatic carbocycles. The van der Waals surface area contributed by atoms with E-state index in [1.165, 1.54) is 24.1 Å². The second-order valence-corrected chi connectivity index (χ2v) is 4.67. The van der Waals surface area contributed by atoms with E-state index in [9.17, 15) is 0 Å². The minimum atomic E-state index is 0.543. The molecule has 90 valence electrons. The van der Waals surface area contributed by atoms with Crippen molar-refractivity contribution in [2.75, 3.05) is 0 Å². The Morgan fingerprint density at radius 1 is 1.00 bits per heavy atom. The minimum absolute atomic E-state index is 0.543. The number of aromatic amines is 1. The maximum atomic E-state index is 4.05. The summed E-state index contributed by atoms with van der Waals surface area (Å²) in [6.45, 7) is 4.52. The van der Waals surface area contributed by atoms with Gasteiger partial charge in [-0.25, -0.2) is 0 Å². The molecular weight excluding hydrogens is 210 g/mol. The smallest absolute Gasteiger partial charge is 0.0490 e. The summed E-state index contributed by atoms with van der Waals surface area (Å²) in [5.41, 5.74) is 2.60. The highest BCUT2D eigenvalue weighted by atomic mass is 15.1. The van der Waals surface area contributed by atoms with Crippen molar-refractivity contribution in [3.63, 3.8) is 0 Å². The van der Waals surface area contributed by atoms with Crippen LogP contribution in [0.1, 0.15) is 49.8 Å². The molecule has 0 radical (unpaired) electrons. The van der Waals surface area contributed by atoms with Gasteiger partial charge in [0.25, 0.3) is 0 Å². The van der Waals surface area contributed by atoms with Crippen LogP contribution in [0.3, 0.4) is 0 Å². The Morgan fingerprint density at radius 2 is 1.71 bits per heavy atom. The molecule has 2 aromatic heterocycles. The van der Waals surface area contributed by atoms with Crippen molar-refractivity contribution in [1.82, 2.24) is 15.2 Å². The van der Waals surface area contributed by atoms with Crippen molar-refractivity contribution in [3.05, 3.63) is 48.0 Å². The molecule has 2 aromatic rings. The number of rotatable bonds is 5. The molecular formula is C14H19N3. The molecule has 3 heteroatoms. The van der Waals surface area contributed by atoms with E-state index in [2.05, 4.69) is 47.2 Å². The highest BCUT2D eigenvalue weighted by Gasteiger charge is 2.10. The lowest BCUT2D eigenvalue weighted by Gasteiger charge is -2.14. The summed E-state index contributed by atoms with van der Waals surface area (Å²) >= 11 is 0. The molecule has 2 unspecified atom stereocenters. The Balaban J connectivity index is 1.86. The first-order valence-corrected chi connectivity index (χ1v) is 6.16. The van der Waals surface area contributed by atoms with Gasteiger partial charge in [-0.15, -0.1) is 0 Å². The second kappa shape index (κ2) is 5.62. The summed E-state index contributed by atoms with van der Waals surface area (Å²) in [5, 5.41) is 7.04. The third-order valence-electron chi connectivity index (χ3n) is 3.36. The average Bonchev–Trinajstić information content (AvgIpc) is 2.90. The van der Waals surface area contributed by atoms with Crippen molar-refractivity contribution >= 4 is 0 Å². The maximum absolute atomic E-state index is 4.05. The maximum Gasteiger partial charge on any atom is 0.0490 e. The van der Waals surface area contributed by atoms with E-state index in [1.807, 2.05) is 18.6 Å². The first kappa shape index (κ1) is 11.8. The molecule has 2 heterocycles. The fourth-order valence-electron chi connectivity index (χ4n) is 2.06. The third kappa shape index (κ3) is 3.16. The quantitative estimate of drug-likeness (QED) is 0.852. The van der Waals surface area contributed by atoms with Gasteiger partial charge >= 0.3 is 0 Å². The Labute approximate surface area is 102 Å². The molecule has 0 saturated carbocycles. The molecule has 17 heavy (non-hydrogen) atoms. The summed E-state index contributed by atoms with van der Waals surface area (Å²) in [4.78, 5) is 4.05. The summed E-state index contributed by atoms with van der Waals surface area (Å²) in [5.74, 6) is 1.13. The van der Waals surface area contributed by atoms with Crippen molar-refractivity contribution < 1.29 is 0 Å². The highest BCUT2D eigenvalue weighted by molar-refractivity contribution is 5.15. The topological polar surface area (TPSA) is 41.6 Å². The molecule has 3 nitrogen and oxygen atoms in total. The molecule has 0 aliphatic rings. The third-order valence-corrected chi connectivity index (χ3v) is 3.36. The molecule has 1 N–H and O–H groups in total. The van der Waals surface area contributed by atoms with Gasteiger partial charge in [0.15, 0.2) is 0 Å². The van der Waals surface area contributed by atoms with Crippen LogP contribution in [0, 0.1) is 0 Å². The molecule has 0 saturated heterocycles. The lowest BCUT2D eigenvalue weighted by molar-refractivity contribution is 0.564. The standard InChI is InChI=1S/C14H19N3/c1-11(13-5-8-15-9-6-13)3-4-12(2)14-7-10-16-17-14/h5-12H,3-4H2,1-2H3,(H,16,17). The SMILES string of the molecule is CC(CCC(C)c1ccn[nH]1)c1ccncc1. The second-order valence-electron chi connectivity index (χ2n) is 4.67. The van der Waals surface area contributed by atoms with Crippen molar-refractivity contribution in [2.45, 2.75) is 38.5 Å². The van der Waals surface area contributed by atoms with E-state index in [1.54, 1.807) is 0 Å². The van der Waals surface area contributed by atoms with Crippen LogP contribution in [-0.2, 0) is 0 Å². The molecule has 2 rings (SSSR count). The lowest BCUT2D eigenvalue weighted by atomic mass is 9.92. The van der Waals surface area contributed by atoms with Gasteiger partial charge in [-0.1, -0.05) is 13.8 Å². The van der Waals surface area contributed by atoms with Crippen LogP contribution >= 0.6 is 0 Å². The normalized spacial score (nSPS) is 14.5. The van der Waals surface area contributed by atoms with Crippen molar-refractivity contribution in [1.29, 1.82) is 0 Å². The van der Waals surface area contributed by atoms with Crippen LogP contribution in [0.4, 0.5) is 0 Å². The number of aromatic nitrogens is 3. The van der Waals surface area contributed by atoms with E-state index >= 15 is 0 Å². The van der Waals surface area contributed by atoms with Crippen LogP contribution in [0.15, 0.2) is 36.8 Å². The zero-order chi connectivity index (χ0) is 12.1. The fraction of sp³-hybridized carbons (Fsp3) is 0.429. The summed E-state index contributed by atoms with van der Waals surface area (Å²) in [6.07, 6.45) is 7.91. The monoisotopic (exact) mass is 229 g/mol. The van der Waals surface area contributed by atoms with Crippen molar-refractivity contribution in [3.8, 4) is 0 Å². The van der Waals surface area contributed by atoms with Crippen molar-refractivity contribution in [2.24, 2.45) is 0 Å². The summed E-state index contributed by atoms with van der Waals surface area (Å²) < 4.78 is 0. The Bertz CT molecular complexity index is 422. The van der Waals surface area contributed by atoms with E-state index in [4.69, 9.17) is 0 Å². The predicted octanol–water partition coefficient (Wildman–Crippen LogP) is 3.49. The molecule has 0 amide bonds. The Kier molecular flexibility index (Phi) is 3.91. The summed E-state index contributed by atoms with van der Waals surface area (Å²) in [7, 11) is 0. The van der Waals surface area contributed by atoms with Crippen LogP contribution in [0.2, 0.25) is 0 Å². The fourth-order valence-corrected chi connectivity index (χ4v) is 2.06. The minimum Gasteiger partial charge on any atom is -0.282 e. The van der Waals surface area contributed by atoms with Crippen LogP contribution in [-0.4, -0.2) is 15.2 Å². The molecule has 0 aliphatic heterocycles. The number of pyridine rings is 1. The molecule has 0 fully saturated rings. The average molecular weight is 229 g/mol. The molecule has 0 spiro atoms. The number of nitrogens with zero attached hydrogens (tertiary/aromatic N) is 2. The van der Waals surface area contributed by atoms with E-state index in [-0.39, 0.29) is 0 Å². The van der Waals surface area contributed by atoms with Gasteiger partial charge in [-0.2, -0.15) is 5.10 Å². The number of H-pyrrole nitrogens is 1. The van der Waals surface area contributed by atoms with Gasteiger partial charge in [0.05, 0.1) is 0 Å². The van der Waals surface area contributed by atoms with Gasteiger partial charge in [0.1, 0.15) is 0 Å². The lowest BCUT2D eigenvalue weighted by Crippen LogP contribution is -1.99. The molecule has 0 aromatic carbocycles. The van der Waals surface area contributed by atoms with E-state index < -0.39 is 0 Å². The zero-order valence-electron chi connectivity index (χ0n) is 10.4. The van der Waals surface area contributed by atoms with Gasteiger partial charge < -0.3 is 0 Å². The Hall–Kier alpha value is -1.64. The van der Waals surface area contributed by atoms with Gasteiger partial charge in [0, 0.05) is 24.3 Å². The zero-order valence-corrected chi connectivity index (χ0v) is 10.4. The Morgan fingerprint density at radius 3 is 2.35 bits per heavy atom. The van der Waals surface area contributed by atoms with E-state index in [0.29, 0.717) is 11.8 Å². The first-order valence-electron chi connectivity index (χ1n) is 6.16. The predicted molar refractivity (Wildman–Crippen MR) is 68.9 cm³/mol. The van der Waals surface area contributed by atoms with Gasteiger partial charge in [-0.05, 0) is 48.4 Å². The van der Waals surface area contributed by atoms with Gasteiger partial charge in [-0.3, -0.25) is 10.1 Å². The molecule has 0 bridgehead atoms.